The number of fused-ring (bicyclic) bond motifs is 12. The van der Waals surface area contributed by atoms with E-state index in [0.29, 0.717) is 68.5 Å². The number of halogens is 1. The molecule has 0 spiro atoms. The molecule has 6 unspecified atom stereocenters. The number of ether oxygens (including phenoxy) is 1. The molecule has 0 N–H and O–H groups in total. The van der Waals surface area contributed by atoms with Crippen LogP contribution in [-0.4, -0.2) is 132 Å². The summed E-state index contributed by atoms with van der Waals surface area (Å²) in [4.78, 5) is 58.6. The molecule has 6 aromatic carbocycles. The van der Waals surface area contributed by atoms with E-state index in [9.17, 15) is 14.0 Å². The Morgan fingerprint density at radius 2 is 0.915 bits per heavy atom. The van der Waals surface area contributed by atoms with Gasteiger partial charge in [-0.2, -0.15) is 0 Å². The summed E-state index contributed by atoms with van der Waals surface area (Å²) in [5.74, 6) is 2.65. The van der Waals surface area contributed by atoms with Gasteiger partial charge in [0.2, 0.25) is 11.8 Å². The van der Waals surface area contributed by atoms with Crippen molar-refractivity contribution in [2.75, 3.05) is 78.5 Å². The van der Waals surface area contributed by atoms with Gasteiger partial charge < -0.3 is 24.3 Å². The van der Waals surface area contributed by atoms with Crippen molar-refractivity contribution in [3.05, 3.63) is 213 Å². The third-order valence-corrected chi connectivity index (χ3v) is 21.6. The van der Waals surface area contributed by atoms with Crippen LogP contribution >= 0.6 is 0 Å². The number of hydrogen-bond donors (Lipinski definition) is 0. The van der Waals surface area contributed by atoms with E-state index in [1.54, 1.807) is 6.07 Å². The summed E-state index contributed by atoms with van der Waals surface area (Å²) in [6.45, 7) is 10.9. The second-order valence-corrected chi connectivity index (χ2v) is 25.9. The summed E-state index contributed by atoms with van der Waals surface area (Å²) in [6.07, 6.45) is 7.29. The van der Waals surface area contributed by atoms with Crippen LogP contribution in [-0.2, 0) is 33.6 Å². The fourth-order valence-electron chi connectivity index (χ4n) is 17.6. The summed E-state index contributed by atoms with van der Waals surface area (Å²) in [5.41, 5.74) is 13.0. The smallest absolute Gasteiger partial charge is 0.410 e. The zero-order valence-corrected chi connectivity index (χ0v) is 47.3. The Balaban J connectivity index is 0.673. The molecule has 18 rings (SSSR count). The molecule has 9 fully saturated rings. The van der Waals surface area contributed by atoms with Crippen molar-refractivity contribution >= 4 is 17.9 Å². The molecule has 12 aliphatic rings. The molecular formula is C71H77FN6O4. The van der Waals surface area contributed by atoms with E-state index in [0.717, 1.165) is 93.8 Å². The van der Waals surface area contributed by atoms with Gasteiger partial charge >= 0.3 is 6.09 Å². The lowest BCUT2D eigenvalue weighted by molar-refractivity contribution is -0.136. The number of carbonyl (C=O) groups excluding carboxylic acids is 3. The number of amides is 3. The first-order valence-corrected chi connectivity index (χ1v) is 31.2. The molecule has 0 aromatic heterocycles. The molecule has 82 heavy (non-hydrogen) atoms. The standard InChI is InChI=1S/C71H77FN6O4/c72-57-20-21-59-54(36-57)26-35-78(68(59)49-10-4-1-5-11-49)71(81)82-65-45-75-32-28-60(65)64(44-75)53-19-17-48-25-34-77(70(62(48)38-53)51-14-8-3-9-15-51)67(80)40-56-42-74-31-27-58(56)63(43-74)52-18-16-47-24-33-76(69(61(47)37-52)50-12-6-2-7-13-50)66(79)39-55-41-73-29-22-46(55)23-30-73/h1-21,36-38,46,55-56,58,60,63-65,68-70H,22-35,39-45H2/t55-,56-,58?,60?,63?,64?,65+,68-,69-,70+/m0/s1. The zero-order chi connectivity index (χ0) is 55.0. The van der Waals surface area contributed by atoms with Crippen LogP contribution in [0.5, 0.6) is 0 Å². The van der Waals surface area contributed by atoms with Gasteiger partial charge in [0.05, 0.1) is 18.1 Å². The number of rotatable bonds is 10. The normalized spacial score (nSPS) is 31.5. The monoisotopic (exact) mass is 1100 g/mol. The predicted molar refractivity (Wildman–Crippen MR) is 316 cm³/mol. The highest BCUT2D eigenvalue weighted by Crippen LogP contribution is 2.49. The van der Waals surface area contributed by atoms with E-state index in [1.807, 2.05) is 41.3 Å². The Morgan fingerprint density at radius 1 is 0.427 bits per heavy atom. The fraction of sp³-hybridized carbons (Fsp3) is 0.451. The lowest BCUT2D eigenvalue weighted by Crippen LogP contribution is -2.56. The second kappa shape index (κ2) is 21.8. The van der Waals surface area contributed by atoms with Gasteiger partial charge in [0.1, 0.15) is 11.9 Å². The molecule has 422 valence electrons. The van der Waals surface area contributed by atoms with Gasteiger partial charge in [-0.25, -0.2) is 9.18 Å². The molecule has 0 aliphatic carbocycles. The maximum atomic E-state index is 15.4. The average molecular weight is 1100 g/mol. The lowest BCUT2D eigenvalue weighted by Gasteiger charge is -2.51. The summed E-state index contributed by atoms with van der Waals surface area (Å²) in [5, 5.41) is 0. The molecule has 12 heterocycles. The number of nitrogens with zero attached hydrogens (tertiary/aromatic N) is 6. The highest BCUT2D eigenvalue weighted by molar-refractivity contribution is 5.79. The van der Waals surface area contributed by atoms with Crippen molar-refractivity contribution in [2.45, 2.75) is 93.9 Å². The topological polar surface area (TPSA) is 79.9 Å². The minimum atomic E-state index is -0.360. The Kier molecular flexibility index (Phi) is 13.9. The maximum absolute atomic E-state index is 15.4. The molecule has 0 radical (unpaired) electrons. The van der Waals surface area contributed by atoms with Crippen molar-refractivity contribution in [3.63, 3.8) is 0 Å². The summed E-state index contributed by atoms with van der Waals surface area (Å²) in [7, 11) is 0. The van der Waals surface area contributed by atoms with Crippen LogP contribution in [0.2, 0.25) is 0 Å². The second-order valence-electron chi connectivity index (χ2n) is 25.9. The van der Waals surface area contributed by atoms with Gasteiger partial charge in [0, 0.05) is 77.0 Å². The number of benzene rings is 6. The highest BCUT2D eigenvalue weighted by atomic mass is 19.1. The molecular weight excluding hydrogens is 1020 g/mol. The Morgan fingerprint density at radius 3 is 1.46 bits per heavy atom. The van der Waals surface area contributed by atoms with E-state index in [-0.39, 0.29) is 59.8 Å². The highest BCUT2D eigenvalue weighted by Gasteiger charge is 2.48. The molecule has 9 saturated heterocycles. The Bertz CT molecular complexity index is 3350. The van der Waals surface area contributed by atoms with Crippen molar-refractivity contribution in [1.82, 2.24) is 29.4 Å². The summed E-state index contributed by atoms with van der Waals surface area (Å²) in [6, 6.07) is 50.1. The van der Waals surface area contributed by atoms with Crippen LogP contribution in [0.25, 0.3) is 0 Å². The number of hydrogen-bond acceptors (Lipinski definition) is 7. The van der Waals surface area contributed by atoms with E-state index >= 15 is 4.79 Å². The van der Waals surface area contributed by atoms with Crippen LogP contribution in [0.4, 0.5) is 9.18 Å². The van der Waals surface area contributed by atoms with E-state index in [4.69, 9.17) is 4.74 Å². The minimum Gasteiger partial charge on any atom is -0.444 e. The van der Waals surface area contributed by atoms with Crippen LogP contribution in [0.15, 0.2) is 146 Å². The van der Waals surface area contributed by atoms with Crippen LogP contribution in [0.1, 0.15) is 130 Å². The van der Waals surface area contributed by atoms with Gasteiger partial charge in [-0.15, -0.1) is 0 Å². The number of carbonyl (C=O) groups is 3. The van der Waals surface area contributed by atoms with E-state index < -0.39 is 0 Å². The first-order chi connectivity index (χ1) is 40.2. The minimum absolute atomic E-state index is 0.106. The van der Waals surface area contributed by atoms with Crippen LogP contribution in [0, 0.1) is 35.4 Å². The molecule has 12 aliphatic heterocycles. The molecule has 3 amide bonds. The first kappa shape index (κ1) is 52.2. The van der Waals surface area contributed by atoms with Gasteiger partial charge in [-0.1, -0.05) is 133 Å². The Hall–Kier alpha value is -6.66. The quantitative estimate of drug-likeness (QED) is 0.135. The SMILES string of the molecule is O=C(C[C@H]1CN2CCC1C(c1ccc3c(c1)[C@H](c1ccccc1)N(C(=O)C[C@H]1CN4CCC1CC4)CC3)C2)N1CCc2ccc(C3CN4CCC3[C@H](OC(=O)N3CCc5cc(F)ccc5[C@@H]3c3ccccc3)C4)cc2[C@H]1c1ccccc1. The van der Waals surface area contributed by atoms with Crippen molar-refractivity contribution in [1.29, 1.82) is 0 Å². The lowest BCUT2D eigenvalue weighted by atomic mass is 9.68. The van der Waals surface area contributed by atoms with E-state index in [1.165, 1.54) is 70.9 Å². The molecule has 6 aromatic rings. The molecule has 0 saturated carbocycles. The fourth-order valence-corrected chi connectivity index (χ4v) is 17.6. The van der Waals surface area contributed by atoms with Gasteiger partial charge in [-0.3, -0.25) is 19.4 Å². The van der Waals surface area contributed by atoms with Crippen LogP contribution < -0.4 is 0 Å². The largest absolute Gasteiger partial charge is 0.444 e. The van der Waals surface area contributed by atoms with Gasteiger partial charge in [0.25, 0.3) is 0 Å². The predicted octanol–water partition coefficient (Wildman–Crippen LogP) is 11.2. The first-order valence-electron chi connectivity index (χ1n) is 31.2. The molecule has 11 heteroatoms. The third-order valence-electron chi connectivity index (χ3n) is 21.6. The van der Waals surface area contributed by atoms with Gasteiger partial charge in [-0.05, 0) is 174 Å². The third kappa shape index (κ3) is 9.66. The molecule has 12 atom stereocenters. The van der Waals surface area contributed by atoms with Crippen molar-refractivity contribution in [2.24, 2.45) is 29.6 Å². The molecule has 10 nitrogen and oxygen atoms in total. The molecule has 6 bridgehead atoms. The average Bonchev–Trinajstić information content (AvgIpc) is 3.68. The van der Waals surface area contributed by atoms with Crippen molar-refractivity contribution < 1.29 is 23.5 Å². The number of piperidine rings is 9. The van der Waals surface area contributed by atoms with Crippen LogP contribution in [0.3, 0.4) is 0 Å². The maximum Gasteiger partial charge on any atom is 0.410 e. The summed E-state index contributed by atoms with van der Waals surface area (Å²) >= 11 is 0. The van der Waals surface area contributed by atoms with Crippen molar-refractivity contribution in [3.8, 4) is 0 Å². The zero-order valence-electron chi connectivity index (χ0n) is 47.3. The Labute approximate surface area is 483 Å². The summed E-state index contributed by atoms with van der Waals surface area (Å²) < 4.78 is 21.2. The van der Waals surface area contributed by atoms with E-state index in [2.05, 4.69) is 122 Å². The van der Waals surface area contributed by atoms with Gasteiger partial charge in [0.15, 0.2) is 0 Å².